The first-order chi connectivity index (χ1) is 18.1. The second-order valence-corrected chi connectivity index (χ2v) is 11.6. The van der Waals surface area contributed by atoms with Gasteiger partial charge in [-0.05, 0) is 49.4 Å². The minimum atomic E-state index is -3.94. The van der Waals surface area contributed by atoms with Crippen LogP contribution in [0.15, 0.2) is 66.0 Å². The fraction of sp³-hybridized carbons (Fsp3) is 0.370. The van der Waals surface area contributed by atoms with Crippen molar-refractivity contribution in [2.24, 2.45) is 5.92 Å². The lowest BCUT2D eigenvalue weighted by atomic mass is 10.0. The highest BCUT2D eigenvalue weighted by Crippen LogP contribution is 2.18. The monoisotopic (exact) mass is 537 g/mol. The number of para-hydroxylation sites is 1. The quantitative estimate of drug-likeness (QED) is 0.450. The van der Waals surface area contributed by atoms with E-state index >= 15 is 0 Å². The normalized spacial score (nSPS) is 17.7. The Balaban J connectivity index is 1.44. The number of hydrogen-bond donors (Lipinski definition) is 2. The number of pyridine rings is 2. The molecule has 3 aromatic rings. The summed E-state index contributed by atoms with van der Waals surface area (Å²) in [5, 5.41) is 6.22. The third-order valence-electron chi connectivity index (χ3n) is 6.36. The largest absolute Gasteiger partial charge is 0.344 e. The van der Waals surface area contributed by atoms with E-state index in [9.17, 15) is 22.8 Å². The van der Waals surface area contributed by atoms with Crippen molar-refractivity contribution in [2.75, 3.05) is 13.1 Å². The van der Waals surface area contributed by atoms with Gasteiger partial charge in [-0.2, -0.15) is 4.31 Å². The van der Waals surface area contributed by atoms with Crippen LogP contribution in [-0.4, -0.2) is 65.5 Å². The first kappa shape index (κ1) is 27.3. The summed E-state index contributed by atoms with van der Waals surface area (Å²) in [6.07, 6.45) is 3.88. The minimum absolute atomic E-state index is 0.0876. The molecular formula is C27H31N5O5S. The Morgan fingerprint density at radius 1 is 1.11 bits per heavy atom. The van der Waals surface area contributed by atoms with Crippen LogP contribution in [0.1, 0.15) is 43.5 Å². The maximum atomic E-state index is 13.2. The molecule has 0 aliphatic carbocycles. The van der Waals surface area contributed by atoms with Gasteiger partial charge >= 0.3 is 0 Å². The number of aromatic nitrogens is 2. The molecule has 1 saturated heterocycles. The standard InChI is InChI=1S/C27H31N5O5S/c1-18(2)14-23(31-26(34)20-15-19-8-3-4-9-21(19)29-16-20)27(35)30-22-10-7-13-32(17-24(22)33)38(36,37)25-11-5-6-12-28-25/h3-6,8-9,11-12,15-16,18,22-23H,7,10,13-14,17H2,1-2H3,(H,30,35)(H,31,34)/t22-,23-/m1/s1. The predicted molar refractivity (Wildman–Crippen MR) is 142 cm³/mol. The van der Waals surface area contributed by atoms with Crippen molar-refractivity contribution in [1.82, 2.24) is 24.9 Å². The second kappa shape index (κ2) is 11.8. The number of nitrogens with zero attached hydrogens (tertiary/aromatic N) is 3. The highest BCUT2D eigenvalue weighted by molar-refractivity contribution is 7.89. The van der Waals surface area contributed by atoms with E-state index in [1.807, 2.05) is 38.1 Å². The number of fused-ring (bicyclic) bond motifs is 1. The molecule has 1 aliphatic heterocycles. The van der Waals surface area contributed by atoms with Crippen molar-refractivity contribution in [3.05, 3.63) is 66.5 Å². The Bertz CT molecular complexity index is 1430. The molecular weight excluding hydrogens is 506 g/mol. The van der Waals surface area contributed by atoms with Crippen molar-refractivity contribution in [3.8, 4) is 0 Å². The first-order valence-electron chi connectivity index (χ1n) is 12.5. The number of nitrogens with one attached hydrogen (secondary N) is 2. The zero-order valence-corrected chi connectivity index (χ0v) is 22.1. The van der Waals surface area contributed by atoms with Gasteiger partial charge in [0.2, 0.25) is 5.91 Å². The molecule has 2 amide bonds. The molecule has 0 spiro atoms. The maximum absolute atomic E-state index is 13.2. The van der Waals surface area contributed by atoms with Crippen LogP contribution in [0.4, 0.5) is 0 Å². The topological polar surface area (TPSA) is 138 Å². The van der Waals surface area contributed by atoms with Crippen LogP contribution >= 0.6 is 0 Å². The highest BCUT2D eigenvalue weighted by Gasteiger charge is 2.34. The van der Waals surface area contributed by atoms with E-state index in [2.05, 4.69) is 20.6 Å². The van der Waals surface area contributed by atoms with Crippen LogP contribution < -0.4 is 10.6 Å². The van der Waals surface area contributed by atoms with E-state index < -0.39 is 39.7 Å². The number of amides is 2. The van der Waals surface area contributed by atoms with Crippen LogP contribution in [-0.2, 0) is 19.6 Å². The second-order valence-electron chi connectivity index (χ2n) is 9.75. The average molecular weight is 538 g/mol. The van der Waals surface area contributed by atoms with Crippen molar-refractivity contribution < 1.29 is 22.8 Å². The summed E-state index contributed by atoms with van der Waals surface area (Å²) in [5.74, 6) is -1.25. The Kier molecular flexibility index (Phi) is 8.48. The van der Waals surface area contributed by atoms with Gasteiger partial charge in [-0.3, -0.25) is 19.4 Å². The van der Waals surface area contributed by atoms with Crippen molar-refractivity contribution >= 4 is 38.5 Å². The van der Waals surface area contributed by atoms with Crippen molar-refractivity contribution in [3.63, 3.8) is 0 Å². The van der Waals surface area contributed by atoms with Gasteiger partial charge in [-0.25, -0.2) is 13.4 Å². The van der Waals surface area contributed by atoms with Gasteiger partial charge in [0, 0.05) is 24.3 Å². The predicted octanol–water partition coefficient (Wildman–Crippen LogP) is 2.31. The molecule has 4 rings (SSSR count). The molecule has 38 heavy (non-hydrogen) atoms. The van der Waals surface area contributed by atoms with Gasteiger partial charge < -0.3 is 10.6 Å². The lowest BCUT2D eigenvalue weighted by Gasteiger charge is -2.23. The van der Waals surface area contributed by atoms with Gasteiger partial charge in [-0.1, -0.05) is 38.1 Å². The number of carbonyl (C=O) groups is 3. The van der Waals surface area contributed by atoms with E-state index in [1.54, 1.807) is 18.2 Å². The fourth-order valence-electron chi connectivity index (χ4n) is 4.40. The summed E-state index contributed by atoms with van der Waals surface area (Å²) in [5.41, 5.74) is 1.08. The first-order valence-corrected chi connectivity index (χ1v) is 14.0. The summed E-state index contributed by atoms with van der Waals surface area (Å²) >= 11 is 0. The fourth-order valence-corrected chi connectivity index (χ4v) is 5.77. The van der Waals surface area contributed by atoms with Crippen molar-refractivity contribution in [1.29, 1.82) is 0 Å². The molecule has 1 fully saturated rings. The molecule has 1 aromatic carbocycles. The zero-order valence-electron chi connectivity index (χ0n) is 21.3. The van der Waals surface area contributed by atoms with Gasteiger partial charge in [0.15, 0.2) is 10.8 Å². The smallest absolute Gasteiger partial charge is 0.260 e. The van der Waals surface area contributed by atoms with E-state index in [0.29, 0.717) is 18.4 Å². The highest BCUT2D eigenvalue weighted by atomic mass is 32.2. The SMILES string of the molecule is CC(C)C[C@@H](NC(=O)c1cnc2ccccc2c1)C(=O)N[C@@H]1CCCN(S(=O)(=O)c2ccccn2)CC1=O. The molecule has 11 heteroatoms. The summed E-state index contributed by atoms with van der Waals surface area (Å²) in [4.78, 5) is 47.5. The van der Waals surface area contributed by atoms with Gasteiger partial charge in [0.1, 0.15) is 6.04 Å². The lowest BCUT2D eigenvalue weighted by Crippen LogP contribution is -2.52. The third kappa shape index (κ3) is 6.40. The minimum Gasteiger partial charge on any atom is -0.344 e. The number of Topliss-reactive ketones (excluding diaryl/α,β-unsaturated/α-hetero) is 1. The summed E-state index contributed by atoms with van der Waals surface area (Å²) in [6, 6.07) is 12.0. The van der Waals surface area contributed by atoms with Crippen LogP contribution in [0.3, 0.4) is 0 Å². The van der Waals surface area contributed by atoms with E-state index in [0.717, 1.165) is 15.2 Å². The van der Waals surface area contributed by atoms with Crippen molar-refractivity contribution in [2.45, 2.75) is 50.2 Å². The third-order valence-corrected chi connectivity index (χ3v) is 8.12. The van der Waals surface area contributed by atoms with Crippen LogP contribution in [0.5, 0.6) is 0 Å². The van der Waals surface area contributed by atoms with Gasteiger partial charge in [-0.15, -0.1) is 0 Å². The molecule has 2 atom stereocenters. The van der Waals surface area contributed by atoms with Gasteiger partial charge in [0.05, 0.1) is 23.7 Å². The maximum Gasteiger partial charge on any atom is 0.260 e. The molecule has 0 unspecified atom stereocenters. The average Bonchev–Trinajstić information content (AvgIpc) is 3.09. The Morgan fingerprint density at radius 3 is 2.61 bits per heavy atom. The molecule has 10 nitrogen and oxygen atoms in total. The number of carbonyl (C=O) groups excluding carboxylic acids is 3. The molecule has 2 aromatic heterocycles. The number of sulfonamides is 1. The van der Waals surface area contributed by atoms with Gasteiger partial charge in [0.25, 0.3) is 15.9 Å². The van der Waals surface area contributed by atoms with E-state index in [4.69, 9.17) is 0 Å². The van der Waals surface area contributed by atoms with Crippen LogP contribution in [0.2, 0.25) is 0 Å². The number of benzene rings is 1. The lowest BCUT2D eigenvalue weighted by molar-refractivity contribution is -0.129. The zero-order chi connectivity index (χ0) is 27.3. The van der Waals surface area contributed by atoms with E-state index in [-0.39, 0.29) is 30.5 Å². The molecule has 200 valence electrons. The Hall–Kier alpha value is -3.70. The molecule has 0 radical (unpaired) electrons. The Morgan fingerprint density at radius 2 is 1.87 bits per heavy atom. The number of rotatable bonds is 8. The molecule has 3 heterocycles. The van der Waals surface area contributed by atoms with Crippen LogP contribution in [0.25, 0.3) is 10.9 Å². The number of hydrogen-bond acceptors (Lipinski definition) is 7. The molecule has 0 saturated carbocycles. The number of ketones is 1. The summed E-state index contributed by atoms with van der Waals surface area (Å²) < 4.78 is 27.0. The molecule has 1 aliphatic rings. The van der Waals surface area contributed by atoms with Crippen LogP contribution in [0, 0.1) is 5.92 Å². The Labute approximate surface area is 221 Å². The molecule has 2 N–H and O–H groups in total. The van der Waals surface area contributed by atoms with E-state index in [1.165, 1.54) is 18.5 Å². The summed E-state index contributed by atoms with van der Waals surface area (Å²) in [6.45, 7) is 3.63. The molecule has 0 bridgehead atoms. The summed E-state index contributed by atoms with van der Waals surface area (Å²) in [7, 11) is -3.94.